The first-order chi connectivity index (χ1) is 5.04. The average molecular weight is 199 g/mol. The van der Waals surface area contributed by atoms with E-state index in [1.54, 1.807) is 6.92 Å². The molecule has 3 nitrogen and oxygen atoms in total. The Labute approximate surface area is 75.9 Å². The summed E-state index contributed by atoms with van der Waals surface area (Å²) in [6.07, 6.45) is 0.757. The molecule has 0 unspecified atom stereocenters. The predicted octanol–water partition coefficient (Wildman–Crippen LogP) is 2.45. The van der Waals surface area contributed by atoms with Crippen LogP contribution in [0, 0.1) is 0 Å². The van der Waals surface area contributed by atoms with Crippen LogP contribution in [0.3, 0.4) is 0 Å². The second-order valence-corrected chi connectivity index (χ2v) is 3.13. The first-order valence-corrected chi connectivity index (χ1v) is 3.77. The fraction of sp³-hybridized carbons (Fsp3) is 0.500. The van der Waals surface area contributed by atoms with Crippen LogP contribution >= 0.6 is 23.6 Å². The van der Waals surface area contributed by atoms with Gasteiger partial charge in [-0.1, -0.05) is 6.58 Å². The summed E-state index contributed by atoms with van der Waals surface area (Å²) in [7, 11) is 0. The van der Waals surface area contributed by atoms with Gasteiger partial charge in [-0.3, -0.25) is 0 Å². The number of carbonyl (C=O) groups is 1. The van der Waals surface area contributed by atoms with Gasteiger partial charge in [0, 0.05) is 0 Å². The Morgan fingerprint density at radius 3 is 2.64 bits per heavy atom. The number of nitrogens with zero attached hydrogens (tertiary/aromatic N) is 1. The van der Waals surface area contributed by atoms with Crippen LogP contribution in [0.5, 0.6) is 0 Å². The molecule has 0 rings (SSSR count). The maximum absolute atomic E-state index is 10.9. The van der Waals surface area contributed by atoms with Gasteiger partial charge in [-0.25, -0.2) is 0 Å². The van der Waals surface area contributed by atoms with E-state index in [2.05, 4.69) is 11.3 Å². The lowest BCUT2D eigenvalue weighted by Crippen LogP contribution is -2.35. The van der Waals surface area contributed by atoms with Gasteiger partial charge >= 0.3 is 6.09 Å². The molecule has 0 fully saturated rings. The molecule has 0 aromatic rings. The van der Waals surface area contributed by atoms with Crippen molar-refractivity contribution in [1.82, 2.24) is 0 Å². The minimum Gasteiger partial charge on any atom is -0.418 e. The summed E-state index contributed by atoms with van der Waals surface area (Å²) in [4.78, 5) is 10.9. The normalized spacial score (nSPS) is 10.8. The lowest BCUT2D eigenvalue weighted by molar-refractivity contribution is -0.600. The van der Waals surface area contributed by atoms with Gasteiger partial charge in [-0.05, 0) is 16.5 Å². The molecule has 0 bridgehead atoms. The number of halogens is 2. The fourth-order valence-electron chi connectivity index (χ4n) is 0.455. The summed E-state index contributed by atoms with van der Waals surface area (Å²) in [6, 6.07) is 0. The van der Waals surface area contributed by atoms with E-state index >= 15 is 0 Å². The smallest absolute Gasteiger partial charge is 0.418 e. The molecule has 0 aliphatic carbocycles. The molecule has 64 valence electrons. The Morgan fingerprint density at radius 2 is 2.27 bits per heavy atom. The van der Waals surface area contributed by atoms with Crippen LogP contribution in [-0.4, -0.2) is 22.8 Å². The third-order valence-electron chi connectivity index (χ3n) is 0.893. The monoisotopic (exact) mass is 198 g/mol. The zero-order valence-corrected chi connectivity index (χ0v) is 7.73. The summed E-state index contributed by atoms with van der Waals surface area (Å²) in [5.74, 6) is 0. The molecule has 5 heteroatoms. The molecule has 0 spiro atoms. The number of carbonyl (C=O) groups excluding carboxylic acids is 1. The van der Waals surface area contributed by atoms with Crippen LogP contribution in [0.25, 0.3) is 0 Å². The van der Waals surface area contributed by atoms with E-state index in [1.165, 1.54) is 6.08 Å². The van der Waals surface area contributed by atoms with E-state index in [4.69, 9.17) is 23.6 Å². The largest absolute Gasteiger partial charge is 0.553 e. The van der Waals surface area contributed by atoms with E-state index in [0.29, 0.717) is 0 Å². The van der Waals surface area contributed by atoms with E-state index in [0.717, 1.165) is 0 Å². The van der Waals surface area contributed by atoms with Crippen molar-refractivity contribution in [3.8, 4) is 0 Å². The Kier molecular flexibility index (Phi) is 4.49. The molecule has 0 saturated heterocycles. The Balaban J connectivity index is 4.05. The molecule has 0 heterocycles. The summed E-state index contributed by atoms with van der Waals surface area (Å²) in [6.45, 7) is 5.46. The zero-order valence-electron chi connectivity index (χ0n) is 6.22. The number of hydrogen-bond acceptors (Lipinski definition) is 2. The van der Waals surface area contributed by atoms with E-state index in [1.807, 2.05) is 0 Å². The lowest BCUT2D eigenvalue weighted by atomic mass is 10.6. The van der Waals surface area contributed by atoms with Crippen molar-refractivity contribution in [2.24, 2.45) is 0 Å². The lowest BCUT2D eigenvalue weighted by Gasteiger charge is -2.12. The van der Waals surface area contributed by atoms with Gasteiger partial charge in [-0.2, -0.15) is 4.79 Å². The van der Waals surface area contributed by atoms with Gasteiger partial charge in [0.05, 0.1) is 6.61 Å². The van der Waals surface area contributed by atoms with E-state index in [-0.39, 0.29) is 13.2 Å². The minimum absolute atomic E-state index is 0.127. The highest BCUT2D eigenvalue weighted by Crippen LogP contribution is 2.19. The molecule has 0 aromatic carbocycles. The first kappa shape index (κ1) is 10.8. The summed E-state index contributed by atoms with van der Waals surface area (Å²) >= 11 is 11.0. The number of rotatable bonds is 3. The molecular formula is C6H10Cl2NO2+. The van der Waals surface area contributed by atoms with Crippen molar-refractivity contribution in [1.29, 1.82) is 0 Å². The van der Waals surface area contributed by atoms with Gasteiger partial charge < -0.3 is 4.74 Å². The van der Waals surface area contributed by atoms with Crippen molar-refractivity contribution < 1.29 is 13.1 Å². The quantitative estimate of drug-likeness (QED) is 0.515. The third kappa shape index (κ3) is 3.60. The maximum atomic E-state index is 10.9. The second-order valence-electron chi connectivity index (χ2n) is 1.80. The van der Waals surface area contributed by atoms with Gasteiger partial charge in [0.25, 0.3) is 0 Å². The van der Waals surface area contributed by atoms with Crippen LogP contribution in [0.2, 0.25) is 0 Å². The van der Waals surface area contributed by atoms with E-state index in [9.17, 15) is 4.79 Å². The van der Waals surface area contributed by atoms with Crippen LogP contribution in [0.15, 0.2) is 12.7 Å². The second kappa shape index (κ2) is 4.59. The van der Waals surface area contributed by atoms with Crippen LogP contribution in [0.1, 0.15) is 6.92 Å². The Bertz CT molecular complexity index is 159. The summed E-state index contributed by atoms with van der Waals surface area (Å²) in [5.41, 5.74) is 0. The van der Waals surface area contributed by atoms with Crippen LogP contribution < -0.4 is 0 Å². The topological polar surface area (TPSA) is 26.3 Å². The third-order valence-corrected chi connectivity index (χ3v) is 1.45. The van der Waals surface area contributed by atoms with Gasteiger partial charge in [0.2, 0.25) is 0 Å². The van der Waals surface area contributed by atoms with Crippen molar-refractivity contribution >= 4 is 29.6 Å². The highest BCUT2D eigenvalue weighted by atomic mass is 35.5. The highest BCUT2D eigenvalue weighted by molar-refractivity contribution is 6.28. The van der Waals surface area contributed by atoms with Gasteiger partial charge in [0.15, 0.2) is 23.6 Å². The maximum Gasteiger partial charge on any atom is 0.553 e. The zero-order chi connectivity index (χ0) is 8.91. The number of ether oxygens (including phenoxy) is 1. The van der Waals surface area contributed by atoms with Crippen molar-refractivity contribution in [3.05, 3.63) is 12.7 Å². The molecule has 0 aliphatic rings. The van der Waals surface area contributed by atoms with Crippen LogP contribution in [-0.2, 0) is 4.74 Å². The molecule has 0 aliphatic heterocycles. The summed E-state index contributed by atoms with van der Waals surface area (Å²) in [5, 5.41) is 0. The average Bonchev–Trinajstić information content (AvgIpc) is 1.88. The van der Waals surface area contributed by atoms with Crippen molar-refractivity contribution in [2.75, 3.05) is 13.2 Å². The molecule has 0 N–H and O–H groups in total. The molecule has 0 radical (unpaired) electrons. The highest BCUT2D eigenvalue weighted by Gasteiger charge is 2.35. The number of quaternary nitrogens is 1. The molecule has 0 aromatic heterocycles. The summed E-state index contributed by atoms with van der Waals surface area (Å²) < 4.78 is 3.73. The SMILES string of the molecule is C=CC[N+](Cl)(Cl)C(=O)OCC. The molecule has 0 atom stereocenters. The molecule has 11 heavy (non-hydrogen) atoms. The Hall–Kier alpha value is -0.250. The van der Waals surface area contributed by atoms with Crippen molar-refractivity contribution in [3.63, 3.8) is 0 Å². The molecular weight excluding hydrogens is 189 g/mol. The van der Waals surface area contributed by atoms with Crippen molar-refractivity contribution in [2.45, 2.75) is 6.92 Å². The number of hydrogen-bond donors (Lipinski definition) is 0. The van der Waals surface area contributed by atoms with Crippen LogP contribution in [0.4, 0.5) is 4.79 Å². The molecule has 1 amide bonds. The number of amides is 1. The van der Waals surface area contributed by atoms with Gasteiger partial charge in [-0.15, -0.1) is 0 Å². The fourth-order valence-corrected chi connectivity index (χ4v) is 0.747. The van der Waals surface area contributed by atoms with E-state index < -0.39 is 9.61 Å². The predicted molar refractivity (Wildman–Crippen MR) is 44.1 cm³/mol. The minimum atomic E-state index is -0.850. The van der Waals surface area contributed by atoms with Gasteiger partial charge in [0.1, 0.15) is 6.54 Å². The first-order valence-electron chi connectivity index (χ1n) is 3.10. The molecule has 0 saturated carbocycles. The standard InChI is InChI=1S/C6H10Cl2NO2/c1-3-5-9(7,8)6(10)11-4-2/h3H,1,4-5H2,2H3/q+1. The Morgan fingerprint density at radius 1 is 1.73 bits per heavy atom.